The summed E-state index contributed by atoms with van der Waals surface area (Å²) in [7, 11) is 4.38. The van der Waals surface area contributed by atoms with Crippen LogP contribution in [-0.4, -0.2) is 23.1 Å². The zero-order valence-electron chi connectivity index (χ0n) is 13.8. The number of fused-ring (bicyclic) bond motifs is 3. The SMILES string of the molecule is CN1CCc2c(c3cc(SNc4cccc(Cl)c4)ccc3n2C)C1. The van der Waals surface area contributed by atoms with E-state index in [-0.39, 0.29) is 0 Å². The Morgan fingerprint density at radius 1 is 1.12 bits per heavy atom. The van der Waals surface area contributed by atoms with E-state index >= 15 is 0 Å². The molecule has 1 aromatic heterocycles. The van der Waals surface area contributed by atoms with Crippen LogP contribution in [0, 0.1) is 0 Å². The van der Waals surface area contributed by atoms with Crippen LogP contribution >= 0.6 is 23.5 Å². The maximum atomic E-state index is 6.04. The van der Waals surface area contributed by atoms with Gasteiger partial charge >= 0.3 is 0 Å². The summed E-state index contributed by atoms with van der Waals surface area (Å²) in [6, 6.07) is 14.5. The molecule has 1 aliphatic rings. The Bertz CT molecular complexity index is 903. The van der Waals surface area contributed by atoms with Gasteiger partial charge in [-0.1, -0.05) is 17.7 Å². The molecule has 124 valence electrons. The molecule has 1 N–H and O–H groups in total. The van der Waals surface area contributed by atoms with E-state index < -0.39 is 0 Å². The third-order valence-corrected chi connectivity index (χ3v) is 5.74. The van der Waals surface area contributed by atoms with Gasteiger partial charge in [0.25, 0.3) is 0 Å². The fourth-order valence-corrected chi connectivity index (χ4v) is 4.29. The molecule has 0 atom stereocenters. The summed E-state index contributed by atoms with van der Waals surface area (Å²) < 4.78 is 5.73. The molecule has 0 aliphatic carbocycles. The predicted octanol–water partition coefficient (Wildman–Crippen LogP) is 4.94. The Hall–Kier alpha value is -1.62. The van der Waals surface area contributed by atoms with Gasteiger partial charge in [0.1, 0.15) is 0 Å². The second kappa shape index (κ2) is 6.36. The van der Waals surface area contributed by atoms with E-state index in [0.717, 1.165) is 30.2 Å². The summed E-state index contributed by atoms with van der Waals surface area (Å²) in [6.07, 6.45) is 1.13. The van der Waals surface area contributed by atoms with E-state index in [9.17, 15) is 0 Å². The van der Waals surface area contributed by atoms with E-state index in [1.165, 1.54) is 27.1 Å². The number of nitrogens with one attached hydrogen (secondary N) is 1. The van der Waals surface area contributed by atoms with Gasteiger partial charge in [-0.25, -0.2) is 0 Å². The van der Waals surface area contributed by atoms with Crippen LogP contribution < -0.4 is 4.72 Å². The molecule has 1 aliphatic heterocycles. The minimum absolute atomic E-state index is 0.746. The number of likely N-dealkylation sites (N-methyl/N-ethyl adjacent to an activating group) is 1. The highest BCUT2D eigenvalue weighted by atomic mass is 35.5. The summed E-state index contributed by atoms with van der Waals surface area (Å²) in [6.45, 7) is 2.16. The third kappa shape index (κ3) is 2.90. The minimum Gasteiger partial charge on any atom is -0.347 e. The Labute approximate surface area is 151 Å². The molecular weight excluding hydrogens is 338 g/mol. The van der Waals surface area contributed by atoms with Crippen LogP contribution in [0.3, 0.4) is 0 Å². The van der Waals surface area contributed by atoms with Gasteiger partial charge in [-0.2, -0.15) is 0 Å². The van der Waals surface area contributed by atoms with Crippen molar-refractivity contribution in [1.29, 1.82) is 0 Å². The number of nitrogens with zero attached hydrogens (tertiary/aromatic N) is 2. The van der Waals surface area contributed by atoms with Crippen molar-refractivity contribution in [3.63, 3.8) is 0 Å². The number of halogens is 1. The first-order valence-corrected chi connectivity index (χ1v) is 9.28. The molecular formula is C19H20ClN3S. The van der Waals surface area contributed by atoms with Crippen molar-refractivity contribution < 1.29 is 0 Å². The Balaban J connectivity index is 1.64. The number of anilines is 1. The summed E-state index contributed by atoms with van der Waals surface area (Å²) in [5, 5.41) is 2.12. The minimum atomic E-state index is 0.746. The van der Waals surface area contributed by atoms with Crippen molar-refractivity contribution in [2.45, 2.75) is 17.9 Å². The number of hydrogen-bond acceptors (Lipinski definition) is 3. The van der Waals surface area contributed by atoms with Crippen molar-refractivity contribution in [3.05, 3.63) is 58.7 Å². The molecule has 3 nitrogen and oxygen atoms in total. The fraction of sp³-hybridized carbons (Fsp3) is 0.263. The largest absolute Gasteiger partial charge is 0.347 e. The van der Waals surface area contributed by atoms with Crippen LogP contribution in [0.5, 0.6) is 0 Å². The summed E-state index contributed by atoms with van der Waals surface area (Å²) in [5.74, 6) is 0. The first kappa shape index (κ1) is 15.9. The van der Waals surface area contributed by atoms with E-state index in [2.05, 4.69) is 46.5 Å². The second-order valence-corrected chi connectivity index (χ2v) is 7.68. The quantitative estimate of drug-likeness (QED) is 0.670. The molecule has 2 heterocycles. The Kier molecular flexibility index (Phi) is 4.21. The monoisotopic (exact) mass is 357 g/mol. The van der Waals surface area contributed by atoms with E-state index in [1.54, 1.807) is 11.9 Å². The second-order valence-electron chi connectivity index (χ2n) is 6.37. The predicted molar refractivity (Wildman–Crippen MR) is 104 cm³/mol. The highest BCUT2D eigenvalue weighted by Crippen LogP contribution is 2.33. The fourth-order valence-electron chi connectivity index (χ4n) is 3.43. The van der Waals surface area contributed by atoms with E-state index in [0.29, 0.717) is 0 Å². The number of hydrogen-bond donors (Lipinski definition) is 1. The van der Waals surface area contributed by atoms with Crippen LogP contribution in [0.15, 0.2) is 47.4 Å². The first-order valence-electron chi connectivity index (χ1n) is 8.09. The summed E-state index contributed by atoms with van der Waals surface area (Å²) >= 11 is 7.67. The molecule has 4 rings (SSSR count). The van der Waals surface area contributed by atoms with E-state index in [4.69, 9.17) is 11.6 Å². The topological polar surface area (TPSA) is 20.2 Å². The van der Waals surface area contributed by atoms with Crippen LogP contribution in [-0.2, 0) is 20.0 Å². The normalized spacial score (nSPS) is 14.8. The van der Waals surface area contributed by atoms with Crippen molar-refractivity contribution in [3.8, 4) is 0 Å². The highest BCUT2D eigenvalue weighted by Gasteiger charge is 2.20. The summed E-state index contributed by atoms with van der Waals surface area (Å²) in [4.78, 5) is 3.61. The number of rotatable bonds is 3. The van der Waals surface area contributed by atoms with E-state index in [1.807, 2.05) is 24.3 Å². The van der Waals surface area contributed by atoms with Gasteiger partial charge in [-0.15, -0.1) is 0 Å². The molecule has 5 heteroatoms. The lowest BCUT2D eigenvalue weighted by molar-refractivity contribution is 0.310. The Morgan fingerprint density at radius 2 is 2.00 bits per heavy atom. The lowest BCUT2D eigenvalue weighted by atomic mass is 10.1. The molecule has 0 unspecified atom stereocenters. The van der Waals surface area contributed by atoms with Crippen molar-refractivity contribution >= 4 is 40.1 Å². The maximum Gasteiger partial charge on any atom is 0.0484 e. The van der Waals surface area contributed by atoms with Gasteiger partial charge in [0, 0.05) is 58.8 Å². The standard InChI is InChI=1S/C19H20ClN3S/c1-22-9-8-19-17(12-22)16-11-15(6-7-18(16)23(19)2)24-21-14-5-3-4-13(20)10-14/h3-7,10-11,21H,8-9,12H2,1-2H3. The zero-order chi connectivity index (χ0) is 16.7. The van der Waals surface area contributed by atoms with Crippen LogP contribution in [0.1, 0.15) is 11.3 Å². The molecule has 0 spiro atoms. The lowest BCUT2D eigenvalue weighted by Gasteiger charge is -2.23. The average Bonchev–Trinajstić information content (AvgIpc) is 2.85. The molecule has 0 radical (unpaired) electrons. The van der Waals surface area contributed by atoms with Gasteiger partial charge in [-0.05, 0) is 61.0 Å². The van der Waals surface area contributed by atoms with Crippen LogP contribution in [0.2, 0.25) is 5.02 Å². The highest BCUT2D eigenvalue weighted by molar-refractivity contribution is 8.00. The average molecular weight is 358 g/mol. The first-order chi connectivity index (χ1) is 11.6. The van der Waals surface area contributed by atoms with Gasteiger partial charge in [0.2, 0.25) is 0 Å². The Morgan fingerprint density at radius 3 is 2.83 bits per heavy atom. The van der Waals surface area contributed by atoms with Gasteiger partial charge in [0.05, 0.1) is 0 Å². The molecule has 24 heavy (non-hydrogen) atoms. The van der Waals surface area contributed by atoms with Crippen LogP contribution in [0.25, 0.3) is 10.9 Å². The third-order valence-electron chi connectivity index (χ3n) is 4.68. The van der Waals surface area contributed by atoms with Crippen molar-refractivity contribution in [1.82, 2.24) is 9.47 Å². The van der Waals surface area contributed by atoms with Gasteiger partial charge in [0.15, 0.2) is 0 Å². The number of benzene rings is 2. The molecule has 0 saturated carbocycles. The molecule has 0 amide bonds. The van der Waals surface area contributed by atoms with Crippen molar-refractivity contribution in [2.75, 3.05) is 18.3 Å². The van der Waals surface area contributed by atoms with Gasteiger partial charge in [-0.3, -0.25) is 0 Å². The number of aryl methyl sites for hydroxylation is 1. The molecule has 0 saturated heterocycles. The maximum absolute atomic E-state index is 6.04. The molecule has 2 aromatic carbocycles. The van der Waals surface area contributed by atoms with Gasteiger partial charge < -0.3 is 14.2 Å². The molecule has 0 fully saturated rings. The molecule has 3 aromatic rings. The summed E-state index contributed by atoms with van der Waals surface area (Å²) in [5.41, 5.74) is 5.30. The molecule has 0 bridgehead atoms. The van der Waals surface area contributed by atoms with Crippen LogP contribution in [0.4, 0.5) is 5.69 Å². The lowest BCUT2D eigenvalue weighted by Crippen LogP contribution is -2.26. The number of aromatic nitrogens is 1. The van der Waals surface area contributed by atoms with Crippen molar-refractivity contribution in [2.24, 2.45) is 7.05 Å². The zero-order valence-corrected chi connectivity index (χ0v) is 15.4. The smallest absolute Gasteiger partial charge is 0.0484 e.